The van der Waals surface area contributed by atoms with E-state index in [1.807, 2.05) is 0 Å². The van der Waals surface area contributed by atoms with E-state index in [9.17, 15) is 18.5 Å². The van der Waals surface area contributed by atoms with Crippen molar-refractivity contribution in [3.05, 3.63) is 52.7 Å². The Balaban J connectivity index is 2.31. The highest BCUT2D eigenvalue weighted by atomic mass is 32.2. The van der Waals surface area contributed by atoms with Crippen molar-refractivity contribution in [3.8, 4) is 0 Å². The quantitative estimate of drug-likeness (QED) is 0.426. The van der Waals surface area contributed by atoms with Crippen LogP contribution in [0, 0.1) is 10.1 Å². The highest BCUT2D eigenvalue weighted by Gasteiger charge is 2.20. The van der Waals surface area contributed by atoms with Crippen molar-refractivity contribution in [2.24, 2.45) is 5.84 Å². The van der Waals surface area contributed by atoms with Crippen LogP contribution in [0.5, 0.6) is 0 Å². The lowest BCUT2D eigenvalue weighted by Crippen LogP contribution is -2.18. The molecule has 4 N–H and O–H groups in total. The number of nitrogen functional groups attached to an aromatic ring is 1. The summed E-state index contributed by atoms with van der Waals surface area (Å²) >= 11 is 0. The van der Waals surface area contributed by atoms with Gasteiger partial charge in [0.05, 0.1) is 10.6 Å². The molecular formula is C11H11N5O4S. The molecule has 0 aliphatic carbocycles. The van der Waals surface area contributed by atoms with Crippen LogP contribution in [0.1, 0.15) is 0 Å². The zero-order valence-corrected chi connectivity index (χ0v) is 11.4. The second kappa shape index (κ2) is 5.73. The van der Waals surface area contributed by atoms with Crippen LogP contribution < -0.4 is 16.0 Å². The molecule has 0 radical (unpaired) electrons. The van der Waals surface area contributed by atoms with Crippen molar-refractivity contribution >= 4 is 27.1 Å². The van der Waals surface area contributed by atoms with Crippen LogP contribution in [0.25, 0.3) is 0 Å². The van der Waals surface area contributed by atoms with Gasteiger partial charge in [-0.05, 0) is 24.3 Å². The molecule has 0 spiro atoms. The van der Waals surface area contributed by atoms with E-state index >= 15 is 0 Å². The van der Waals surface area contributed by atoms with Gasteiger partial charge < -0.3 is 5.43 Å². The smallest absolute Gasteiger partial charge is 0.281 e. The zero-order valence-electron chi connectivity index (χ0n) is 10.6. The second-order valence-corrected chi connectivity index (χ2v) is 5.51. The van der Waals surface area contributed by atoms with Crippen LogP contribution in [-0.4, -0.2) is 18.3 Å². The molecule has 9 nitrogen and oxygen atoms in total. The minimum Gasteiger partial charge on any atom is -0.321 e. The summed E-state index contributed by atoms with van der Waals surface area (Å²) in [4.78, 5) is 13.7. The van der Waals surface area contributed by atoms with Crippen molar-refractivity contribution in [2.75, 3.05) is 10.1 Å². The molecule has 110 valence electrons. The van der Waals surface area contributed by atoms with Crippen LogP contribution in [-0.2, 0) is 10.0 Å². The number of nitro groups is 1. The van der Waals surface area contributed by atoms with Crippen LogP contribution in [0.3, 0.4) is 0 Å². The number of benzene rings is 1. The molecule has 21 heavy (non-hydrogen) atoms. The summed E-state index contributed by atoms with van der Waals surface area (Å²) in [5, 5.41) is 10.3. The lowest BCUT2D eigenvalue weighted by molar-refractivity contribution is -0.384. The van der Waals surface area contributed by atoms with Crippen LogP contribution in [0.2, 0.25) is 0 Å². The lowest BCUT2D eigenvalue weighted by Gasteiger charge is -2.10. The highest BCUT2D eigenvalue weighted by molar-refractivity contribution is 7.92. The second-order valence-electron chi connectivity index (χ2n) is 3.91. The predicted octanol–water partition coefficient (Wildman–Crippen LogP) is 1.08. The molecule has 0 unspecified atom stereocenters. The van der Waals surface area contributed by atoms with Gasteiger partial charge in [0.2, 0.25) is 5.03 Å². The fourth-order valence-electron chi connectivity index (χ4n) is 1.57. The largest absolute Gasteiger partial charge is 0.321 e. The average molecular weight is 309 g/mol. The zero-order chi connectivity index (χ0) is 15.5. The Labute approximate surface area is 120 Å². The van der Waals surface area contributed by atoms with Crippen molar-refractivity contribution < 1.29 is 13.3 Å². The first-order chi connectivity index (χ1) is 9.94. The highest BCUT2D eigenvalue weighted by Crippen LogP contribution is 2.22. The maximum absolute atomic E-state index is 12.2. The number of sulfonamides is 1. The summed E-state index contributed by atoms with van der Waals surface area (Å²) in [6, 6.07) is 7.94. The minimum atomic E-state index is -3.96. The number of hydrogen-bond donors (Lipinski definition) is 3. The number of nitro benzene ring substituents is 1. The number of aromatic nitrogens is 1. The molecule has 0 atom stereocenters. The Morgan fingerprint density at radius 3 is 2.43 bits per heavy atom. The third kappa shape index (κ3) is 3.24. The number of nitrogens with one attached hydrogen (secondary N) is 2. The summed E-state index contributed by atoms with van der Waals surface area (Å²) in [7, 11) is -3.96. The van der Waals surface area contributed by atoms with Crippen molar-refractivity contribution in [2.45, 2.75) is 5.03 Å². The number of nitrogens with zero attached hydrogens (tertiary/aromatic N) is 2. The van der Waals surface area contributed by atoms with E-state index in [1.165, 1.54) is 42.6 Å². The van der Waals surface area contributed by atoms with Gasteiger partial charge in [-0.1, -0.05) is 0 Å². The first-order valence-corrected chi connectivity index (χ1v) is 7.11. The molecule has 2 rings (SSSR count). The number of pyridine rings is 1. The van der Waals surface area contributed by atoms with Gasteiger partial charge in [-0.15, -0.1) is 0 Å². The number of hydrazine groups is 1. The maximum Gasteiger partial charge on any atom is 0.281 e. The Kier molecular flexibility index (Phi) is 4.00. The van der Waals surface area contributed by atoms with E-state index in [2.05, 4.69) is 15.1 Å². The molecular weight excluding hydrogens is 298 g/mol. The first kappa shape index (κ1) is 14.7. The van der Waals surface area contributed by atoms with Gasteiger partial charge in [0.25, 0.3) is 15.7 Å². The van der Waals surface area contributed by atoms with Gasteiger partial charge in [0, 0.05) is 24.0 Å². The molecule has 1 aromatic carbocycles. The van der Waals surface area contributed by atoms with Crippen LogP contribution in [0.15, 0.2) is 47.6 Å². The molecule has 0 saturated carbocycles. The molecule has 0 bridgehead atoms. The summed E-state index contributed by atoms with van der Waals surface area (Å²) in [6.07, 6.45) is 1.31. The molecule has 2 aromatic rings. The summed E-state index contributed by atoms with van der Waals surface area (Å²) < 4.78 is 26.7. The van der Waals surface area contributed by atoms with Crippen LogP contribution in [0.4, 0.5) is 17.1 Å². The Morgan fingerprint density at radius 1 is 1.19 bits per heavy atom. The summed E-state index contributed by atoms with van der Waals surface area (Å²) in [5.41, 5.74) is 2.41. The van der Waals surface area contributed by atoms with Crippen molar-refractivity contribution in [1.29, 1.82) is 0 Å². The first-order valence-electron chi connectivity index (χ1n) is 5.63. The van der Waals surface area contributed by atoms with Gasteiger partial charge in [-0.2, -0.15) is 8.42 Å². The fraction of sp³-hybridized carbons (Fsp3) is 0. The Morgan fingerprint density at radius 2 is 1.86 bits per heavy atom. The molecule has 0 aliphatic rings. The third-order valence-electron chi connectivity index (χ3n) is 2.51. The monoisotopic (exact) mass is 309 g/mol. The van der Waals surface area contributed by atoms with Crippen molar-refractivity contribution in [3.63, 3.8) is 0 Å². The number of hydrogen-bond acceptors (Lipinski definition) is 7. The number of rotatable bonds is 5. The van der Waals surface area contributed by atoms with E-state index in [0.29, 0.717) is 0 Å². The van der Waals surface area contributed by atoms with E-state index in [0.717, 1.165) is 0 Å². The average Bonchev–Trinajstić information content (AvgIpc) is 2.47. The molecule has 1 heterocycles. The van der Waals surface area contributed by atoms with Gasteiger partial charge in [0.1, 0.15) is 0 Å². The molecule has 0 fully saturated rings. The fourth-order valence-corrected chi connectivity index (χ4v) is 2.73. The molecule has 0 saturated heterocycles. The van der Waals surface area contributed by atoms with E-state index in [-0.39, 0.29) is 22.1 Å². The third-order valence-corrected chi connectivity index (χ3v) is 3.85. The maximum atomic E-state index is 12.2. The van der Waals surface area contributed by atoms with E-state index in [1.54, 1.807) is 0 Å². The Hall–Kier alpha value is -2.72. The number of anilines is 2. The number of nitrogens with two attached hydrogens (primary N) is 1. The normalized spacial score (nSPS) is 10.9. The van der Waals surface area contributed by atoms with Crippen molar-refractivity contribution in [1.82, 2.24) is 4.98 Å². The number of non-ortho nitro benzene ring substituents is 1. The summed E-state index contributed by atoms with van der Waals surface area (Å²) in [5.74, 6) is 5.24. The summed E-state index contributed by atoms with van der Waals surface area (Å²) in [6.45, 7) is 0. The van der Waals surface area contributed by atoms with Gasteiger partial charge >= 0.3 is 0 Å². The topological polar surface area (TPSA) is 140 Å². The van der Waals surface area contributed by atoms with Gasteiger partial charge in [-0.3, -0.25) is 20.7 Å². The van der Waals surface area contributed by atoms with Gasteiger partial charge in [0.15, 0.2) is 0 Å². The Bertz CT molecular complexity index is 760. The van der Waals surface area contributed by atoms with Gasteiger partial charge in [-0.25, -0.2) is 4.98 Å². The minimum absolute atomic E-state index is 0.131. The van der Waals surface area contributed by atoms with Crippen LogP contribution >= 0.6 is 0 Å². The molecule has 1 aromatic heterocycles. The standard InChI is InChI=1S/C11H11N5O4S/c12-14-10-2-1-7-13-11(10)21(19,20)15-8-3-5-9(6-4-8)16(17)18/h1-7,14-15H,12H2. The molecule has 0 amide bonds. The molecule has 10 heteroatoms. The predicted molar refractivity (Wildman–Crippen MR) is 76.0 cm³/mol. The SMILES string of the molecule is NNc1cccnc1S(=O)(=O)Nc1ccc([N+](=O)[O-])cc1. The molecule has 0 aliphatic heterocycles. The van der Waals surface area contributed by atoms with E-state index in [4.69, 9.17) is 5.84 Å². The van der Waals surface area contributed by atoms with E-state index < -0.39 is 14.9 Å². The lowest BCUT2D eigenvalue weighted by atomic mass is 10.3.